The molecule has 0 atom stereocenters. The maximum atomic E-state index is 8.95. The Hall–Kier alpha value is -1.46. The third-order valence-corrected chi connectivity index (χ3v) is 3.09. The second-order valence-corrected chi connectivity index (χ2v) is 4.32. The summed E-state index contributed by atoms with van der Waals surface area (Å²) in [6, 6.07) is 0. The van der Waals surface area contributed by atoms with Crippen molar-refractivity contribution in [2.24, 2.45) is 5.92 Å². The molecule has 84 valence electrons. The van der Waals surface area contributed by atoms with E-state index in [0.717, 1.165) is 25.2 Å². The van der Waals surface area contributed by atoms with Crippen LogP contribution in [0.25, 0.3) is 5.52 Å². The van der Waals surface area contributed by atoms with Gasteiger partial charge in [0.05, 0.1) is 17.9 Å². The van der Waals surface area contributed by atoms with E-state index in [0.29, 0.717) is 12.5 Å². The molecule has 0 aliphatic carbocycles. The highest BCUT2D eigenvalue weighted by atomic mass is 16.3. The number of likely N-dealkylation sites (tertiary alicyclic amines) is 1. The molecule has 1 aliphatic heterocycles. The summed E-state index contributed by atoms with van der Waals surface area (Å²) in [5, 5.41) is 13.2. The van der Waals surface area contributed by atoms with Crippen LogP contribution in [0.3, 0.4) is 0 Å². The average Bonchev–Trinajstić information content (AvgIpc) is 2.66. The van der Waals surface area contributed by atoms with Crippen molar-refractivity contribution in [3.8, 4) is 0 Å². The van der Waals surface area contributed by atoms with E-state index in [1.165, 1.54) is 5.56 Å². The zero-order chi connectivity index (χ0) is 11.0. The zero-order valence-electron chi connectivity index (χ0n) is 8.95. The summed E-state index contributed by atoms with van der Waals surface area (Å²) in [6.07, 6.45) is 7.32. The van der Waals surface area contributed by atoms with Gasteiger partial charge in [-0.05, 0) is 0 Å². The predicted molar refractivity (Wildman–Crippen MR) is 58.8 cm³/mol. The standard InChI is InChI=1S/C11H14N4O/c16-8-9-5-14(6-9)7-10-3-13-15-2-1-12-4-11(10)15/h1-4,9,16H,5-8H2. The van der Waals surface area contributed by atoms with Crippen molar-refractivity contribution in [2.45, 2.75) is 6.54 Å². The summed E-state index contributed by atoms with van der Waals surface area (Å²) >= 11 is 0. The van der Waals surface area contributed by atoms with Gasteiger partial charge in [-0.25, -0.2) is 4.52 Å². The lowest BCUT2D eigenvalue weighted by Crippen LogP contribution is -2.47. The van der Waals surface area contributed by atoms with Crippen LogP contribution in [0.5, 0.6) is 0 Å². The fourth-order valence-electron chi connectivity index (χ4n) is 2.17. The summed E-state index contributed by atoms with van der Waals surface area (Å²) in [5.74, 6) is 0.458. The van der Waals surface area contributed by atoms with Crippen LogP contribution < -0.4 is 0 Å². The van der Waals surface area contributed by atoms with E-state index in [2.05, 4.69) is 15.0 Å². The lowest BCUT2D eigenvalue weighted by atomic mass is 10.0. The Morgan fingerprint density at radius 2 is 2.25 bits per heavy atom. The van der Waals surface area contributed by atoms with Crippen LogP contribution in [0.15, 0.2) is 24.8 Å². The molecule has 0 saturated carbocycles. The summed E-state index contributed by atoms with van der Waals surface area (Å²) in [6.45, 7) is 3.15. The van der Waals surface area contributed by atoms with Crippen molar-refractivity contribution in [1.82, 2.24) is 19.5 Å². The van der Waals surface area contributed by atoms with Gasteiger partial charge >= 0.3 is 0 Å². The Morgan fingerprint density at radius 3 is 3.06 bits per heavy atom. The first kappa shape index (κ1) is 9.74. The normalized spacial score (nSPS) is 17.8. The molecule has 3 heterocycles. The number of rotatable bonds is 3. The molecule has 2 aromatic rings. The maximum absolute atomic E-state index is 8.95. The van der Waals surface area contributed by atoms with Gasteiger partial charge in [-0.1, -0.05) is 0 Å². The molecule has 0 radical (unpaired) electrons. The van der Waals surface area contributed by atoms with Gasteiger partial charge in [0.15, 0.2) is 0 Å². The highest BCUT2D eigenvalue weighted by Crippen LogP contribution is 2.19. The lowest BCUT2D eigenvalue weighted by molar-refractivity contribution is 0.0482. The number of fused-ring (bicyclic) bond motifs is 1. The molecular weight excluding hydrogens is 204 g/mol. The average molecular weight is 218 g/mol. The molecule has 1 saturated heterocycles. The largest absolute Gasteiger partial charge is 0.396 e. The van der Waals surface area contributed by atoms with Gasteiger partial charge in [0.2, 0.25) is 0 Å². The van der Waals surface area contributed by atoms with Crippen molar-refractivity contribution in [3.05, 3.63) is 30.4 Å². The van der Waals surface area contributed by atoms with E-state index in [-0.39, 0.29) is 0 Å². The van der Waals surface area contributed by atoms with Crippen molar-refractivity contribution < 1.29 is 5.11 Å². The minimum Gasteiger partial charge on any atom is -0.396 e. The van der Waals surface area contributed by atoms with Gasteiger partial charge in [0.1, 0.15) is 0 Å². The molecule has 1 N–H and O–H groups in total. The number of nitrogens with zero attached hydrogens (tertiary/aromatic N) is 4. The van der Waals surface area contributed by atoms with Crippen LogP contribution in [0.4, 0.5) is 0 Å². The van der Waals surface area contributed by atoms with Crippen molar-refractivity contribution in [1.29, 1.82) is 0 Å². The summed E-state index contributed by atoms with van der Waals surface area (Å²) in [7, 11) is 0. The molecule has 0 amide bonds. The number of hydrogen-bond donors (Lipinski definition) is 1. The van der Waals surface area contributed by atoms with Crippen LogP contribution in [-0.2, 0) is 6.54 Å². The van der Waals surface area contributed by atoms with E-state index < -0.39 is 0 Å². The van der Waals surface area contributed by atoms with Crippen LogP contribution in [0.1, 0.15) is 5.56 Å². The Labute approximate surface area is 93.3 Å². The smallest absolute Gasteiger partial charge is 0.0889 e. The summed E-state index contributed by atoms with van der Waals surface area (Å²) < 4.78 is 1.84. The number of aromatic nitrogens is 3. The van der Waals surface area contributed by atoms with Crippen LogP contribution in [0, 0.1) is 5.92 Å². The minimum atomic E-state index is 0.298. The third kappa shape index (κ3) is 1.58. The Kier molecular flexibility index (Phi) is 2.34. The number of aliphatic hydroxyl groups excluding tert-OH is 1. The van der Waals surface area contributed by atoms with E-state index in [1.54, 1.807) is 6.20 Å². The van der Waals surface area contributed by atoms with Crippen molar-refractivity contribution >= 4 is 5.52 Å². The second kappa shape index (κ2) is 3.84. The second-order valence-electron chi connectivity index (χ2n) is 4.32. The van der Waals surface area contributed by atoms with E-state index in [1.807, 2.05) is 23.1 Å². The predicted octanol–water partition coefficient (Wildman–Crippen LogP) is 0.153. The van der Waals surface area contributed by atoms with Gasteiger partial charge in [-0.3, -0.25) is 9.88 Å². The third-order valence-electron chi connectivity index (χ3n) is 3.09. The van der Waals surface area contributed by atoms with E-state index >= 15 is 0 Å². The molecule has 0 spiro atoms. The Morgan fingerprint density at radius 1 is 1.38 bits per heavy atom. The van der Waals surface area contributed by atoms with E-state index in [4.69, 9.17) is 5.11 Å². The van der Waals surface area contributed by atoms with Crippen molar-refractivity contribution in [2.75, 3.05) is 19.7 Å². The molecule has 16 heavy (non-hydrogen) atoms. The number of aliphatic hydroxyl groups is 1. The van der Waals surface area contributed by atoms with Crippen LogP contribution >= 0.6 is 0 Å². The summed E-state index contributed by atoms with van der Waals surface area (Å²) in [4.78, 5) is 6.42. The first-order valence-electron chi connectivity index (χ1n) is 5.46. The van der Waals surface area contributed by atoms with E-state index in [9.17, 15) is 0 Å². The molecule has 0 aromatic carbocycles. The Balaban J connectivity index is 1.75. The molecule has 3 rings (SSSR count). The van der Waals surface area contributed by atoms with Gasteiger partial charge in [-0.2, -0.15) is 5.10 Å². The number of hydrogen-bond acceptors (Lipinski definition) is 4. The SMILES string of the molecule is OCC1CN(Cc2cnn3ccncc23)C1. The quantitative estimate of drug-likeness (QED) is 0.797. The van der Waals surface area contributed by atoms with Gasteiger partial charge < -0.3 is 5.11 Å². The first-order chi connectivity index (χ1) is 7.86. The fraction of sp³-hybridized carbons (Fsp3) is 0.455. The maximum Gasteiger partial charge on any atom is 0.0889 e. The van der Waals surface area contributed by atoms with Crippen LogP contribution in [0.2, 0.25) is 0 Å². The topological polar surface area (TPSA) is 53.7 Å². The highest BCUT2D eigenvalue weighted by molar-refractivity contribution is 5.51. The molecule has 1 fully saturated rings. The lowest BCUT2D eigenvalue weighted by Gasteiger charge is -2.37. The molecule has 5 heteroatoms. The van der Waals surface area contributed by atoms with Gasteiger partial charge in [-0.15, -0.1) is 0 Å². The van der Waals surface area contributed by atoms with Gasteiger partial charge in [0.25, 0.3) is 0 Å². The Bertz CT molecular complexity index is 489. The molecular formula is C11H14N4O. The molecule has 5 nitrogen and oxygen atoms in total. The fourth-order valence-corrected chi connectivity index (χ4v) is 2.17. The molecule has 2 aromatic heterocycles. The molecule has 0 bridgehead atoms. The van der Waals surface area contributed by atoms with Crippen molar-refractivity contribution in [3.63, 3.8) is 0 Å². The first-order valence-corrected chi connectivity index (χ1v) is 5.46. The van der Waals surface area contributed by atoms with Gasteiger partial charge in [0, 0.05) is 50.1 Å². The highest BCUT2D eigenvalue weighted by Gasteiger charge is 2.26. The zero-order valence-corrected chi connectivity index (χ0v) is 8.95. The molecule has 1 aliphatic rings. The summed E-state index contributed by atoms with van der Waals surface area (Å²) in [5.41, 5.74) is 2.26. The van der Waals surface area contributed by atoms with Crippen LogP contribution in [-0.4, -0.2) is 44.3 Å². The molecule has 0 unspecified atom stereocenters. The minimum absolute atomic E-state index is 0.298. The monoisotopic (exact) mass is 218 g/mol.